The van der Waals surface area contributed by atoms with Crippen LogP contribution in [-0.2, 0) is 6.42 Å². The molecule has 21 heavy (non-hydrogen) atoms. The second-order valence-electron chi connectivity index (χ2n) is 4.85. The Labute approximate surface area is 128 Å². The van der Waals surface area contributed by atoms with Crippen LogP contribution in [0, 0.1) is 6.92 Å². The molecule has 2 N–H and O–H groups in total. The minimum atomic E-state index is -0.364. The molecule has 2 rings (SSSR count). The Hall–Kier alpha value is -1.91. The van der Waals surface area contributed by atoms with Gasteiger partial charge in [0.05, 0.1) is 23.2 Å². The lowest BCUT2D eigenvalue weighted by atomic mass is 10.1. The third kappa shape index (κ3) is 4.28. The number of hydrogen-bond acceptors (Lipinski definition) is 3. The van der Waals surface area contributed by atoms with Gasteiger partial charge in [-0.3, -0.25) is 9.78 Å². The van der Waals surface area contributed by atoms with Gasteiger partial charge in [-0.2, -0.15) is 0 Å². The normalized spacial score (nSPS) is 12.0. The van der Waals surface area contributed by atoms with E-state index in [-0.39, 0.29) is 18.6 Å². The minimum absolute atomic E-state index is 0.141. The largest absolute Gasteiger partial charge is 0.394 e. The highest BCUT2D eigenvalue weighted by Gasteiger charge is 2.16. The fraction of sp³-hybridized carbons (Fsp3) is 0.250. The number of aryl methyl sites for hydroxylation is 1. The summed E-state index contributed by atoms with van der Waals surface area (Å²) >= 11 is 6.05. The summed E-state index contributed by atoms with van der Waals surface area (Å²) in [5.74, 6) is -0.331. The van der Waals surface area contributed by atoms with Crippen molar-refractivity contribution in [2.45, 2.75) is 19.4 Å². The van der Waals surface area contributed by atoms with Gasteiger partial charge in [0.1, 0.15) is 0 Å². The SMILES string of the molecule is Cc1cc(Cl)c(C(=O)NC(CO)Cc2ccccc2)cn1. The second-order valence-corrected chi connectivity index (χ2v) is 5.26. The van der Waals surface area contributed by atoms with E-state index in [2.05, 4.69) is 10.3 Å². The van der Waals surface area contributed by atoms with E-state index in [1.807, 2.05) is 30.3 Å². The molecule has 0 spiro atoms. The summed E-state index contributed by atoms with van der Waals surface area (Å²) < 4.78 is 0. The number of aliphatic hydroxyl groups is 1. The number of benzene rings is 1. The lowest BCUT2D eigenvalue weighted by Crippen LogP contribution is -2.39. The van der Waals surface area contributed by atoms with Crippen molar-refractivity contribution in [3.8, 4) is 0 Å². The van der Waals surface area contributed by atoms with Crippen molar-refractivity contribution in [1.82, 2.24) is 10.3 Å². The van der Waals surface area contributed by atoms with Crippen LogP contribution in [0.15, 0.2) is 42.6 Å². The standard InChI is InChI=1S/C16H17ClN2O2/c1-11-7-15(17)14(9-18-11)16(21)19-13(10-20)8-12-5-3-2-4-6-12/h2-7,9,13,20H,8,10H2,1H3,(H,19,21). The van der Waals surface area contributed by atoms with Crippen molar-refractivity contribution in [3.63, 3.8) is 0 Å². The summed E-state index contributed by atoms with van der Waals surface area (Å²) in [5.41, 5.74) is 2.11. The number of halogens is 1. The zero-order valence-corrected chi connectivity index (χ0v) is 12.5. The Kier molecular flexibility index (Phi) is 5.31. The molecule has 0 bridgehead atoms. The molecule has 0 radical (unpaired) electrons. The van der Waals surface area contributed by atoms with E-state index in [4.69, 9.17) is 11.6 Å². The molecule has 0 aliphatic carbocycles. The fourth-order valence-electron chi connectivity index (χ4n) is 2.02. The van der Waals surface area contributed by atoms with Crippen LogP contribution in [0.5, 0.6) is 0 Å². The molecule has 1 unspecified atom stereocenters. The molecule has 0 saturated heterocycles. The van der Waals surface area contributed by atoms with Crippen LogP contribution in [0.3, 0.4) is 0 Å². The van der Waals surface area contributed by atoms with Crippen molar-refractivity contribution in [2.24, 2.45) is 0 Å². The molecule has 4 nitrogen and oxygen atoms in total. The third-order valence-electron chi connectivity index (χ3n) is 3.12. The van der Waals surface area contributed by atoms with E-state index in [1.54, 1.807) is 13.0 Å². The molecule has 1 amide bonds. The molecular weight excluding hydrogens is 288 g/mol. The van der Waals surface area contributed by atoms with Crippen molar-refractivity contribution >= 4 is 17.5 Å². The Morgan fingerprint density at radius 2 is 2.10 bits per heavy atom. The number of nitrogens with zero attached hydrogens (tertiary/aromatic N) is 1. The number of carbonyl (C=O) groups is 1. The van der Waals surface area contributed by atoms with E-state index in [0.717, 1.165) is 11.3 Å². The highest BCUT2D eigenvalue weighted by atomic mass is 35.5. The number of aliphatic hydroxyl groups excluding tert-OH is 1. The van der Waals surface area contributed by atoms with Crippen molar-refractivity contribution in [3.05, 3.63) is 64.4 Å². The van der Waals surface area contributed by atoms with Gasteiger partial charge < -0.3 is 10.4 Å². The number of pyridine rings is 1. The number of amides is 1. The molecule has 2 aromatic rings. The van der Waals surface area contributed by atoms with Crippen LogP contribution in [0.25, 0.3) is 0 Å². The highest BCUT2D eigenvalue weighted by molar-refractivity contribution is 6.33. The van der Waals surface area contributed by atoms with Crippen LogP contribution in [0.4, 0.5) is 0 Å². The van der Waals surface area contributed by atoms with Gasteiger partial charge >= 0.3 is 0 Å². The average Bonchev–Trinajstić information content (AvgIpc) is 2.47. The molecule has 1 aromatic heterocycles. The van der Waals surface area contributed by atoms with Gasteiger partial charge in [-0.1, -0.05) is 41.9 Å². The third-order valence-corrected chi connectivity index (χ3v) is 3.43. The minimum Gasteiger partial charge on any atom is -0.394 e. The fourth-order valence-corrected chi connectivity index (χ4v) is 2.31. The molecule has 1 atom stereocenters. The van der Waals surface area contributed by atoms with Gasteiger partial charge in [-0.15, -0.1) is 0 Å². The van der Waals surface area contributed by atoms with Crippen molar-refractivity contribution < 1.29 is 9.90 Å². The lowest BCUT2D eigenvalue weighted by Gasteiger charge is -2.17. The van der Waals surface area contributed by atoms with Gasteiger partial charge in [0.15, 0.2) is 0 Å². The predicted octanol–water partition coefficient (Wildman–Crippen LogP) is 2.38. The monoisotopic (exact) mass is 304 g/mol. The molecule has 0 aliphatic rings. The summed E-state index contributed by atoms with van der Waals surface area (Å²) in [5, 5.41) is 12.6. The van der Waals surface area contributed by atoms with Gasteiger partial charge in [-0.05, 0) is 25.0 Å². The number of nitrogens with one attached hydrogen (secondary N) is 1. The van der Waals surface area contributed by atoms with E-state index in [1.165, 1.54) is 6.20 Å². The van der Waals surface area contributed by atoms with Crippen LogP contribution in [-0.4, -0.2) is 28.6 Å². The van der Waals surface area contributed by atoms with E-state index >= 15 is 0 Å². The van der Waals surface area contributed by atoms with Gasteiger partial charge in [0.25, 0.3) is 5.91 Å². The maximum Gasteiger partial charge on any atom is 0.254 e. The number of hydrogen-bond donors (Lipinski definition) is 2. The van der Waals surface area contributed by atoms with Gasteiger partial charge in [0.2, 0.25) is 0 Å². The summed E-state index contributed by atoms with van der Waals surface area (Å²) in [6.07, 6.45) is 2.00. The first-order chi connectivity index (χ1) is 10.1. The molecular formula is C16H17ClN2O2. The summed E-state index contributed by atoms with van der Waals surface area (Å²) in [4.78, 5) is 16.3. The molecule has 1 aromatic carbocycles. The van der Waals surface area contributed by atoms with Crippen LogP contribution in [0.2, 0.25) is 5.02 Å². The second kappa shape index (κ2) is 7.20. The molecule has 0 saturated carbocycles. The average molecular weight is 305 g/mol. The molecule has 110 valence electrons. The molecule has 0 fully saturated rings. The summed E-state index contributed by atoms with van der Waals surface area (Å²) in [6, 6.07) is 11.0. The Morgan fingerprint density at radius 1 is 1.38 bits per heavy atom. The Bertz CT molecular complexity index is 617. The molecule has 1 heterocycles. The van der Waals surface area contributed by atoms with E-state index in [9.17, 15) is 9.90 Å². The number of carbonyl (C=O) groups excluding carboxylic acids is 1. The zero-order chi connectivity index (χ0) is 15.2. The van der Waals surface area contributed by atoms with Crippen LogP contribution in [0.1, 0.15) is 21.6 Å². The first-order valence-corrected chi connectivity index (χ1v) is 7.05. The first kappa shape index (κ1) is 15.5. The summed E-state index contributed by atoms with van der Waals surface area (Å²) in [7, 11) is 0. The quantitative estimate of drug-likeness (QED) is 0.891. The lowest BCUT2D eigenvalue weighted by molar-refractivity contribution is 0.0916. The maximum atomic E-state index is 12.2. The van der Waals surface area contributed by atoms with Crippen LogP contribution < -0.4 is 5.32 Å². The zero-order valence-electron chi connectivity index (χ0n) is 11.7. The van der Waals surface area contributed by atoms with Crippen molar-refractivity contribution in [2.75, 3.05) is 6.61 Å². The smallest absolute Gasteiger partial charge is 0.254 e. The molecule has 5 heteroatoms. The van der Waals surface area contributed by atoms with Gasteiger partial charge in [0, 0.05) is 11.9 Å². The first-order valence-electron chi connectivity index (χ1n) is 6.68. The summed E-state index contributed by atoms with van der Waals surface area (Å²) in [6.45, 7) is 1.66. The topological polar surface area (TPSA) is 62.2 Å². The van der Waals surface area contributed by atoms with Crippen molar-refractivity contribution in [1.29, 1.82) is 0 Å². The van der Waals surface area contributed by atoms with E-state index in [0.29, 0.717) is 17.0 Å². The predicted molar refractivity (Wildman–Crippen MR) is 82.5 cm³/mol. The van der Waals surface area contributed by atoms with E-state index < -0.39 is 0 Å². The Morgan fingerprint density at radius 3 is 2.71 bits per heavy atom. The van der Waals surface area contributed by atoms with Gasteiger partial charge in [-0.25, -0.2) is 0 Å². The number of rotatable bonds is 5. The maximum absolute atomic E-state index is 12.2. The highest BCUT2D eigenvalue weighted by Crippen LogP contribution is 2.16. The molecule has 0 aliphatic heterocycles. The number of aromatic nitrogens is 1. The van der Waals surface area contributed by atoms with Crippen LogP contribution >= 0.6 is 11.6 Å². The Balaban J connectivity index is 2.06.